The number of piperidine rings is 1. The zero-order chi connectivity index (χ0) is 36.4. The van der Waals surface area contributed by atoms with E-state index in [1.807, 2.05) is 35.2 Å². The number of carbonyl (C=O) groups excluding carboxylic acids is 2. The van der Waals surface area contributed by atoms with Crippen molar-refractivity contribution >= 4 is 52.0 Å². The Morgan fingerprint density at radius 1 is 1.00 bits per heavy atom. The minimum Gasteiger partial charge on any atom is -0.478 e. The van der Waals surface area contributed by atoms with E-state index in [0.717, 1.165) is 17.0 Å². The monoisotopic (exact) mass is 726 g/mol. The highest BCUT2D eigenvalue weighted by molar-refractivity contribution is 6.33. The molecule has 2 saturated heterocycles. The number of nitrogen functional groups attached to an aromatic ring is 1. The van der Waals surface area contributed by atoms with Crippen molar-refractivity contribution in [1.82, 2.24) is 19.8 Å². The number of H-pyrrole nitrogens is 1. The van der Waals surface area contributed by atoms with Crippen LogP contribution in [0.15, 0.2) is 65.6 Å². The number of anilines is 2. The minimum absolute atomic E-state index is 0.00303. The van der Waals surface area contributed by atoms with Crippen LogP contribution < -0.4 is 16.2 Å². The van der Waals surface area contributed by atoms with Gasteiger partial charge in [0.15, 0.2) is 6.10 Å². The average Bonchev–Trinajstić information content (AvgIpc) is 3.11. The molecule has 2 amide bonds. The molecule has 0 bridgehead atoms. The maximum atomic E-state index is 13.9. The van der Waals surface area contributed by atoms with E-state index in [0.29, 0.717) is 37.3 Å². The summed E-state index contributed by atoms with van der Waals surface area (Å²) in [6, 6.07) is 14.3. The van der Waals surface area contributed by atoms with Crippen molar-refractivity contribution in [2.24, 2.45) is 0 Å². The Balaban J connectivity index is 1.17. The molecule has 6 rings (SSSR count). The van der Waals surface area contributed by atoms with Crippen LogP contribution in [0.2, 0.25) is 5.02 Å². The van der Waals surface area contributed by atoms with Crippen LogP contribution in [0.3, 0.4) is 0 Å². The van der Waals surface area contributed by atoms with Crippen molar-refractivity contribution in [3.8, 4) is 0 Å². The minimum atomic E-state index is -4.82. The number of carboxylic acids is 1. The molecule has 1 atom stereocenters. The van der Waals surface area contributed by atoms with Crippen LogP contribution in [0.1, 0.15) is 45.8 Å². The zero-order valence-electron chi connectivity index (χ0n) is 27.2. The van der Waals surface area contributed by atoms with Crippen molar-refractivity contribution in [1.29, 1.82) is 0 Å². The predicted octanol–water partition coefficient (Wildman–Crippen LogP) is 5.15. The lowest BCUT2D eigenvalue weighted by atomic mass is 9.89. The van der Waals surface area contributed by atoms with E-state index in [1.54, 1.807) is 6.07 Å². The van der Waals surface area contributed by atoms with E-state index >= 15 is 0 Å². The summed E-state index contributed by atoms with van der Waals surface area (Å²) in [7, 11) is 0. The van der Waals surface area contributed by atoms with Gasteiger partial charge in [-0.3, -0.25) is 9.59 Å². The number of likely N-dealkylation sites (tertiary alicyclic amines) is 1. The Kier molecular flexibility index (Phi) is 10.1. The number of aromatic amines is 1. The van der Waals surface area contributed by atoms with Crippen molar-refractivity contribution in [3.63, 3.8) is 0 Å². The van der Waals surface area contributed by atoms with Gasteiger partial charge in [0.05, 0.1) is 21.8 Å². The number of hydrogen-bond donors (Lipinski definition) is 3. The summed E-state index contributed by atoms with van der Waals surface area (Å²) in [5.41, 5.74) is 4.97. The second kappa shape index (κ2) is 14.5. The van der Waals surface area contributed by atoms with E-state index in [2.05, 4.69) is 9.97 Å². The van der Waals surface area contributed by atoms with E-state index in [-0.39, 0.29) is 53.8 Å². The Bertz CT molecular complexity index is 2010. The first-order chi connectivity index (χ1) is 24.3. The largest absolute Gasteiger partial charge is 0.478 e. The quantitative estimate of drug-likeness (QED) is 0.219. The predicted molar refractivity (Wildman–Crippen MR) is 183 cm³/mol. The second-order valence-electron chi connectivity index (χ2n) is 12.5. The molecule has 2 aromatic carbocycles. The molecule has 0 unspecified atom stereocenters. The lowest BCUT2D eigenvalue weighted by molar-refractivity contribution is -0.141. The number of rotatable bonds is 7. The summed E-state index contributed by atoms with van der Waals surface area (Å²) in [6.45, 7) is 1.46. The highest BCUT2D eigenvalue weighted by atomic mass is 35.5. The third-order valence-electron chi connectivity index (χ3n) is 9.32. The standard InChI is InChI=1S/C35H34ClF3N6O6/c36-26-16-20(15-25(30(26)40)35(37,38)39)17-28(32(47)44-13-11-43(12-14-44)29-6-5-23(19-41-29)33(48)49)51-34(50)45-9-7-21(8-10-45)24-18-22-3-1-2-4-27(22)42-31(24)46/h1-6,15-16,18-19,21,28H,7-14,17,40H2,(H,42,46)(H,48,49)/t28-/m1/s1. The van der Waals surface area contributed by atoms with Crippen LogP contribution in [-0.4, -0.2) is 88.2 Å². The third kappa shape index (κ3) is 7.88. The van der Waals surface area contributed by atoms with E-state index in [9.17, 15) is 32.3 Å². The fourth-order valence-electron chi connectivity index (χ4n) is 6.52. The number of nitrogens with two attached hydrogens (primary N) is 1. The number of fused-ring (bicyclic) bond motifs is 1. The van der Waals surface area contributed by atoms with Crippen LogP contribution in [0.5, 0.6) is 0 Å². The lowest BCUT2D eigenvalue weighted by Crippen LogP contribution is -2.53. The second-order valence-corrected chi connectivity index (χ2v) is 12.9. The van der Waals surface area contributed by atoms with Crippen LogP contribution in [0.4, 0.5) is 29.5 Å². The number of benzene rings is 2. The van der Waals surface area contributed by atoms with Gasteiger partial charge in [0.25, 0.3) is 11.5 Å². The number of amides is 2. The molecule has 268 valence electrons. The number of aromatic nitrogens is 2. The van der Waals surface area contributed by atoms with Crippen molar-refractivity contribution in [2.45, 2.75) is 37.5 Å². The zero-order valence-corrected chi connectivity index (χ0v) is 27.9. The normalized spacial score (nSPS) is 16.3. The number of aromatic carboxylic acids is 1. The molecule has 4 N–H and O–H groups in total. The SMILES string of the molecule is Nc1c(Cl)cc(C[C@@H](OC(=O)N2CCC(c3cc4ccccc4[nH]c3=O)CC2)C(=O)N2CCN(c3ccc(C(=O)O)cn3)CC2)cc1C(F)(F)F. The molecule has 0 saturated carbocycles. The first-order valence-electron chi connectivity index (χ1n) is 16.2. The average molecular weight is 727 g/mol. The molecule has 0 radical (unpaired) electrons. The van der Waals surface area contributed by atoms with Crippen LogP contribution in [-0.2, 0) is 22.1 Å². The van der Waals surface area contributed by atoms with Crippen molar-refractivity contribution in [2.75, 3.05) is 49.9 Å². The van der Waals surface area contributed by atoms with Crippen LogP contribution in [0, 0.1) is 0 Å². The summed E-state index contributed by atoms with van der Waals surface area (Å²) in [5.74, 6) is -1.32. The van der Waals surface area contributed by atoms with Gasteiger partial charge in [0.1, 0.15) is 5.82 Å². The molecule has 2 aliphatic heterocycles. The topological polar surface area (TPSA) is 162 Å². The van der Waals surface area contributed by atoms with E-state index in [1.165, 1.54) is 28.1 Å². The molecular formula is C35H34ClF3N6O6. The Labute approximate surface area is 294 Å². The van der Waals surface area contributed by atoms with Gasteiger partial charge in [-0.1, -0.05) is 29.8 Å². The number of carboxylic acid groups (broad SMARTS) is 1. The van der Waals surface area contributed by atoms with Crippen LogP contribution in [0.25, 0.3) is 10.9 Å². The van der Waals surface area contributed by atoms with Gasteiger partial charge in [0, 0.05) is 63.0 Å². The lowest BCUT2D eigenvalue weighted by Gasteiger charge is -2.37. The fraction of sp³-hybridized carbons (Fsp3) is 0.343. The number of hydrogen-bond acceptors (Lipinski definition) is 8. The first-order valence-corrected chi connectivity index (χ1v) is 16.6. The molecule has 12 nitrogen and oxygen atoms in total. The number of carbonyl (C=O) groups is 3. The number of pyridine rings is 2. The summed E-state index contributed by atoms with van der Waals surface area (Å²) in [5, 5.41) is 9.69. The molecule has 16 heteroatoms. The summed E-state index contributed by atoms with van der Waals surface area (Å²) >= 11 is 6.07. The van der Waals surface area contributed by atoms with Crippen molar-refractivity contribution in [3.05, 3.63) is 98.4 Å². The van der Waals surface area contributed by atoms with Gasteiger partial charge < -0.3 is 35.3 Å². The molecule has 2 aromatic heterocycles. The van der Waals surface area contributed by atoms with E-state index < -0.39 is 47.9 Å². The smallest absolute Gasteiger partial charge is 0.418 e. The number of nitrogens with zero attached hydrogens (tertiary/aromatic N) is 4. The summed E-state index contributed by atoms with van der Waals surface area (Å²) < 4.78 is 47.1. The third-order valence-corrected chi connectivity index (χ3v) is 9.63. The molecule has 2 aliphatic rings. The number of alkyl halides is 3. The van der Waals surface area contributed by atoms with E-state index in [4.69, 9.17) is 27.2 Å². The number of nitrogens with one attached hydrogen (secondary N) is 1. The molecule has 4 aromatic rings. The van der Waals surface area contributed by atoms with Gasteiger partial charge in [0.2, 0.25) is 0 Å². The molecule has 2 fully saturated rings. The molecule has 0 aliphatic carbocycles. The Morgan fingerprint density at radius 2 is 1.71 bits per heavy atom. The van der Waals surface area contributed by atoms with Crippen LogP contribution >= 0.6 is 11.6 Å². The Hall–Kier alpha value is -5.31. The van der Waals surface area contributed by atoms with Gasteiger partial charge in [-0.15, -0.1) is 0 Å². The molecular weight excluding hydrogens is 693 g/mol. The fourth-order valence-corrected chi connectivity index (χ4v) is 6.76. The highest BCUT2D eigenvalue weighted by Gasteiger charge is 2.37. The Morgan fingerprint density at radius 3 is 2.35 bits per heavy atom. The highest BCUT2D eigenvalue weighted by Crippen LogP contribution is 2.38. The van der Waals surface area contributed by atoms with Gasteiger partial charge in [-0.25, -0.2) is 14.6 Å². The van der Waals surface area contributed by atoms with Gasteiger partial charge in [-0.2, -0.15) is 13.2 Å². The maximum Gasteiger partial charge on any atom is 0.418 e. The van der Waals surface area contributed by atoms with Gasteiger partial charge >= 0.3 is 18.2 Å². The number of halogens is 4. The summed E-state index contributed by atoms with van der Waals surface area (Å²) in [4.78, 5) is 63.3. The van der Waals surface area contributed by atoms with Gasteiger partial charge in [-0.05, 0) is 66.1 Å². The summed E-state index contributed by atoms with van der Waals surface area (Å²) in [6.07, 6.45) is -5.35. The number of ether oxygens (including phenoxy) is 1. The molecule has 0 spiro atoms. The molecule has 51 heavy (non-hydrogen) atoms. The number of para-hydroxylation sites is 1. The molecule has 4 heterocycles. The number of piperazine rings is 1. The first kappa shape index (κ1) is 35.5. The van der Waals surface area contributed by atoms with Crippen molar-refractivity contribution < 1.29 is 37.4 Å². The maximum absolute atomic E-state index is 13.9.